The van der Waals surface area contributed by atoms with Crippen LogP contribution in [-0.2, 0) is 4.79 Å². The van der Waals surface area contributed by atoms with Gasteiger partial charge in [-0.05, 0) is 55.0 Å². The zero-order chi connectivity index (χ0) is 19.2. The second kappa shape index (κ2) is 9.08. The Bertz CT molecular complexity index is 858. The zero-order valence-electron chi connectivity index (χ0n) is 16.1. The highest BCUT2D eigenvalue weighted by Crippen LogP contribution is 2.23. The number of nitrogens with one attached hydrogen (secondary N) is 1. The van der Waals surface area contributed by atoms with E-state index in [0.717, 1.165) is 30.1 Å². The van der Waals surface area contributed by atoms with Gasteiger partial charge in [0.05, 0.1) is 6.04 Å². The molecule has 3 rings (SSSR count). The third kappa shape index (κ3) is 4.71. The number of fused-ring (bicyclic) bond motifs is 1. The van der Waals surface area contributed by atoms with Crippen molar-refractivity contribution in [2.24, 2.45) is 5.92 Å². The Morgan fingerprint density at radius 1 is 1.15 bits per heavy atom. The quantitative estimate of drug-likeness (QED) is 0.610. The molecular formula is C20H27N5OS. The molecule has 0 fully saturated rings. The van der Waals surface area contributed by atoms with Gasteiger partial charge >= 0.3 is 0 Å². The molecule has 0 aromatic carbocycles. The largest absolute Gasteiger partial charge is 0.344 e. The van der Waals surface area contributed by atoms with Gasteiger partial charge in [-0.25, -0.2) is 0 Å². The average molecular weight is 386 g/mol. The van der Waals surface area contributed by atoms with E-state index in [1.807, 2.05) is 57.9 Å². The summed E-state index contributed by atoms with van der Waals surface area (Å²) in [7, 11) is 0. The van der Waals surface area contributed by atoms with Crippen LogP contribution < -0.4 is 5.32 Å². The maximum Gasteiger partial charge on any atom is 0.243 e. The molecule has 0 radical (unpaired) electrons. The number of carbonyl (C=O) groups excluding carboxylic acids is 1. The standard InChI is InChI=1S/C20H27N5OS/c1-15(2)14-16(19-23-22-18-8-4-5-12-25(18)19)21-20(26)17(9-13-27-3)24-10-6-7-11-24/h4-8,10-12,15-17H,9,13-14H2,1-3H3,(H,21,26)/t16-,17-/m0/s1. The Morgan fingerprint density at radius 2 is 1.89 bits per heavy atom. The van der Waals surface area contributed by atoms with Crippen LogP contribution in [0.15, 0.2) is 48.9 Å². The number of carbonyl (C=O) groups is 1. The van der Waals surface area contributed by atoms with Gasteiger partial charge in [-0.1, -0.05) is 19.9 Å². The van der Waals surface area contributed by atoms with E-state index < -0.39 is 0 Å². The van der Waals surface area contributed by atoms with Gasteiger partial charge in [0.15, 0.2) is 11.5 Å². The number of rotatable bonds is 9. The number of thioether (sulfide) groups is 1. The van der Waals surface area contributed by atoms with E-state index in [1.165, 1.54) is 0 Å². The third-order valence-corrected chi connectivity index (χ3v) is 5.20. The molecule has 1 amide bonds. The fraction of sp³-hybridized carbons (Fsp3) is 0.450. The average Bonchev–Trinajstić information content (AvgIpc) is 3.31. The lowest BCUT2D eigenvalue weighted by molar-refractivity contribution is -0.125. The van der Waals surface area contributed by atoms with Gasteiger partial charge in [0.25, 0.3) is 0 Å². The smallest absolute Gasteiger partial charge is 0.243 e. The predicted octanol–water partition coefficient (Wildman–Crippen LogP) is 3.73. The Kier molecular flexibility index (Phi) is 6.55. The number of hydrogen-bond donors (Lipinski definition) is 1. The summed E-state index contributed by atoms with van der Waals surface area (Å²) in [6.07, 6.45) is 9.51. The van der Waals surface area contributed by atoms with Gasteiger partial charge in [-0.15, -0.1) is 10.2 Å². The summed E-state index contributed by atoms with van der Waals surface area (Å²) in [5.41, 5.74) is 0.792. The van der Waals surface area contributed by atoms with Crippen molar-refractivity contribution < 1.29 is 4.79 Å². The SMILES string of the molecule is CSCC[C@@H](C(=O)N[C@@H](CC(C)C)c1nnc2ccccn12)n1cccc1. The molecule has 7 heteroatoms. The molecule has 0 unspecified atom stereocenters. The Morgan fingerprint density at radius 3 is 2.59 bits per heavy atom. The van der Waals surface area contributed by atoms with E-state index in [-0.39, 0.29) is 18.0 Å². The fourth-order valence-corrected chi connectivity index (χ4v) is 3.73. The Labute approximate surface area is 164 Å². The molecule has 6 nitrogen and oxygen atoms in total. The summed E-state index contributed by atoms with van der Waals surface area (Å²) in [6.45, 7) is 4.30. The first kappa shape index (κ1) is 19.5. The van der Waals surface area contributed by atoms with E-state index in [9.17, 15) is 4.79 Å². The van der Waals surface area contributed by atoms with Crippen molar-refractivity contribution in [3.05, 3.63) is 54.7 Å². The van der Waals surface area contributed by atoms with Crippen LogP contribution in [0.4, 0.5) is 0 Å². The lowest BCUT2D eigenvalue weighted by Crippen LogP contribution is -2.36. The van der Waals surface area contributed by atoms with Crippen molar-refractivity contribution in [1.82, 2.24) is 24.5 Å². The number of nitrogens with zero attached hydrogens (tertiary/aromatic N) is 4. The first-order valence-electron chi connectivity index (χ1n) is 9.31. The van der Waals surface area contributed by atoms with Crippen LogP contribution in [0, 0.1) is 5.92 Å². The van der Waals surface area contributed by atoms with Crippen molar-refractivity contribution in [3.63, 3.8) is 0 Å². The molecule has 0 aliphatic carbocycles. The number of hydrogen-bond acceptors (Lipinski definition) is 4. The summed E-state index contributed by atoms with van der Waals surface area (Å²) in [6, 6.07) is 9.33. The van der Waals surface area contributed by atoms with Gasteiger partial charge in [0.1, 0.15) is 6.04 Å². The minimum absolute atomic E-state index is 0.0265. The second-order valence-electron chi connectivity index (χ2n) is 7.11. The molecule has 0 spiro atoms. The zero-order valence-corrected chi connectivity index (χ0v) is 16.9. The maximum atomic E-state index is 13.2. The predicted molar refractivity (Wildman–Crippen MR) is 110 cm³/mol. The molecule has 1 N–H and O–H groups in total. The van der Waals surface area contributed by atoms with Gasteiger partial charge < -0.3 is 9.88 Å². The lowest BCUT2D eigenvalue weighted by atomic mass is 10.0. The molecule has 144 valence electrons. The third-order valence-electron chi connectivity index (χ3n) is 4.56. The van der Waals surface area contributed by atoms with E-state index in [0.29, 0.717) is 5.92 Å². The highest BCUT2D eigenvalue weighted by molar-refractivity contribution is 7.98. The normalized spacial score (nSPS) is 13.8. The first-order valence-corrected chi connectivity index (χ1v) is 10.7. The highest BCUT2D eigenvalue weighted by atomic mass is 32.2. The van der Waals surface area contributed by atoms with Crippen LogP contribution in [0.25, 0.3) is 5.65 Å². The van der Waals surface area contributed by atoms with Gasteiger partial charge in [0.2, 0.25) is 5.91 Å². The molecular weight excluding hydrogens is 358 g/mol. The van der Waals surface area contributed by atoms with Crippen LogP contribution >= 0.6 is 11.8 Å². The van der Waals surface area contributed by atoms with Crippen LogP contribution in [0.1, 0.15) is 44.6 Å². The van der Waals surface area contributed by atoms with Crippen LogP contribution in [-0.4, -0.2) is 37.1 Å². The van der Waals surface area contributed by atoms with E-state index in [1.54, 1.807) is 11.8 Å². The lowest BCUT2D eigenvalue weighted by Gasteiger charge is -2.24. The molecule has 0 aliphatic heterocycles. The van der Waals surface area contributed by atoms with Gasteiger partial charge in [-0.3, -0.25) is 9.20 Å². The molecule has 3 aromatic rings. The Hall–Kier alpha value is -2.28. The highest BCUT2D eigenvalue weighted by Gasteiger charge is 2.26. The topological polar surface area (TPSA) is 64.2 Å². The first-order chi connectivity index (χ1) is 13.1. The Balaban J connectivity index is 1.85. The molecule has 0 saturated heterocycles. The van der Waals surface area contributed by atoms with Gasteiger partial charge in [0, 0.05) is 18.6 Å². The van der Waals surface area contributed by atoms with Crippen molar-refractivity contribution in [2.45, 2.75) is 38.8 Å². The molecule has 0 aliphatic rings. The molecule has 0 bridgehead atoms. The van der Waals surface area contributed by atoms with Gasteiger partial charge in [-0.2, -0.15) is 11.8 Å². The molecule has 3 heterocycles. The number of aromatic nitrogens is 4. The van der Waals surface area contributed by atoms with Crippen LogP contribution in [0.3, 0.4) is 0 Å². The van der Waals surface area contributed by atoms with E-state index in [2.05, 4.69) is 35.6 Å². The van der Waals surface area contributed by atoms with Crippen molar-refractivity contribution in [3.8, 4) is 0 Å². The minimum Gasteiger partial charge on any atom is -0.344 e. The van der Waals surface area contributed by atoms with Crippen LogP contribution in [0.5, 0.6) is 0 Å². The molecule has 2 atom stereocenters. The summed E-state index contributed by atoms with van der Waals surface area (Å²) >= 11 is 1.75. The van der Waals surface area contributed by atoms with E-state index in [4.69, 9.17) is 0 Å². The minimum atomic E-state index is -0.221. The van der Waals surface area contributed by atoms with Crippen molar-refractivity contribution >= 4 is 23.3 Å². The summed E-state index contributed by atoms with van der Waals surface area (Å²) in [5.74, 6) is 2.16. The molecule has 27 heavy (non-hydrogen) atoms. The molecule has 0 saturated carbocycles. The summed E-state index contributed by atoms with van der Waals surface area (Å²) < 4.78 is 3.94. The van der Waals surface area contributed by atoms with Crippen molar-refractivity contribution in [1.29, 1.82) is 0 Å². The second-order valence-corrected chi connectivity index (χ2v) is 8.09. The van der Waals surface area contributed by atoms with E-state index >= 15 is 0 Å². The van der Waals surface area contributed by atoms with Crippen LogP contribution in [0.2, 0.25) is 0 Å². The fourth-order valence-electron chi connectivity index (χ4n) is 3.27. The number of pyridine rings is 1. The molecule has 3 aromatic heterocycles. The summed E-state index contributed by atoms with van der Waals surface area (Å²) in [4.78, 5) is 13.2. The maximum absolute atomic E-state index is 13.2. The monoisotopic (exact) mass is 385 g/mol. The summed E-state index contributed by atoms with van der Waals surface area (Å²) in [5, 5.41) is 11.9. The van der Waals surface area contributed by atoms with Crippen molar-refractivity contribution in [2.75, 3.05) is 12.0 Å². The number of amides is 1.